The number of carbonyl (C=O) groups is 2. The number of hydrogen-bond donors (Lipinski definition) is 1. The maximum Gasteiger partial charge on any atom is 0.264 e. The van der Waals surface area contributed by atoms with Crippen molar-refractivity contribution in [3.05, 3.63) is 83.9 Å². The highest BCUT2D eigenvalue weighted by molar-refractivity contribution is 7.92. The van der Waals surface area contributed by atoms with Crippen molar-refractivity contribution in [2.45, 2.75) is 82.8 Å². The largest absolute Gasteiger partial charge is 0.497 e. The van der Waals surface area contributed by atoms with Crippen LogP contribution in [0.3, 0.4) is 0 Å². The lowest BCUT2D eigenvalue weighted by molar-refractivity contribution is -0.140. The lowest BCUT2D eigenvalue weighted by atomic mass is 9.95. The van der Waals surface area contributed by atoms with E-state index in [0.29, 0.717) is 24.5 Å². The summed E-state index contributed by atoms with van der Waals surface area (Å²) in [6, 6.07) is 19.8. The number of benzene rings is 3. The van der Waals surface area contributed by atoms with E-state index in [9.17, 15) is 18.0 Å². The first-order chi connectivity index (χ1) is 21.7. The van der Waals surface area contributed by atoms with Gasteiger partial charge in [0, 0.05) is 12.6 Å². The van der Waals surface area contributed by atoms with Crippen LogP contribution in [0.1, 0.15) is 63.5 Å². The number of rotatable bonds is 14. The molecular formula is C35H45N3O6S. The molecule has 0 radical (unpaired) electrons. The second-order valence-electron chi connectivity index (χ2n) is 11.4. The molecule has 45 heavy (non-hydrogen) atoms. The molecule has 0 heterocycles. The third-order valence-corrected chi connectivity index (χ3v) is 9.95. The number of aryl methyl sites for hydroxylation is 1. The van der Waals surface area contributed by atoms with Gasteiger partial charge >= 0.3 is 0 Å². The average Bonchev–Trinajstić information content (AvgIpc) is 3.05. The van der Waals surface area contributed by atoms with Crippen molar-refractivity contribution in [3.8, 4) is 11.5 Å². The second-order valence-corrected chi connectivity index (χ2v) is 13.2. The maximum absolute atomic E-state index is 14.4. The predicted octanol–water partition coefficient (Wildman–Crippen LogP) is 5.85. The molecule has 1 aliphatic rings. The number of ether oxygens (including phenoxy) is 2. The molecule has 4 rings (SSSR count). The molecule has 0 aliphatic heterocycles. The zero-order chi connectivity index (χ0) is 32.4. The molecule has 1 saturated carbocycles. The van der Waals surface area contributed by atoms with Crippen molar-refractivity contribution in [1.29, 1.82) is 0 Å². The Morgan fingerprint density at radius 2 is 1.60 bits per heavy atom. The van der Waals surface area contributed by atoms with Crippen LogP contribution in [0.25, 0.3) is 0 Å². The Morgan fingerprint density at radius 1 is 0.933 bits per heavy atom. The van der Waals surface area contributed by atoms with Gasteiger partial charge in [-0.25, -0.2) is 8.42 Å². The molecule has 3 aromatic rings. The standard InChI is InChI=1S/C35H45N3O6S/c1-5-31(35(40)36-28-12-8-7-9-13-28)37(24-27-18-20-29(43-4)21-19-27)34(39)25-38(32-14-10-11-15-33(32)44-6-2)45(41,42)30-22-16-26(3)17-23-30/h10-11,14-23,28,31H,5-9,12-13,24-25H2,1-4H3,(H,36,40). The van der Waals surface area contributed by atoms with E-state index in [1.165, 1.54) is 17.0 Å². The van der Waals surface area contributed by atoms with E-state index in [2.05, 4.69) is 5.32 Å². The summed E-state index contributed by atoms with van der Waals surface area (Å²) in [6.45, 7) is 5.46. The number of methoxy groups -OCH3 is 1. The zero-order valence-corrected chi connectivity index (χ0v) is 27.5. The summed E-state index contributed by atoms with van der Waals surface area (Å²) in [6.07, 6.45) is 5.44. The SMILES string of the molecule is CCOc1ccccc1N(CC(=O)N(Cc1ccc(OC)cc1)C(CC)C(=O)NC1CCCCC1)S(=O)(=O)c1ccc(C)cc1. The summed E-state index contributed by atoms with van der Waals surface area (Å²) in [5, 5.41) is 3.18. The van der Waals surface area contributed by atoms with Gasteiger partial charge in [0.1, 0.15) is 24.1 Å². The molecule has 1 fully saturated rings. The Balaban J connectivity index is 1.74. The molecule has 0 aromatic heterocycles. The quantitative estimate of drug-likeness (QED) is 0.238. The minimum atomic E-state index is -4.21. The summed E-state index contributed by atoms with van der Waals surface area (Å²) in [5.41, 5.74) is 1.94. The van der Waals surface area contributed by atoms with Crippen LogP contribution in [0.2, 0.25) is 0 Å². The monoisotopic (exact) mass is 635 g/mol. The molecule has 1 unspecified atom stereocenters. The van der Waals surface area contributed by atoms with Crippen LogP contribution in [0.4, 0.5) is 5.69 Å². The van der Waals surface area contributed by atoms with Crippen molar-refractivity contribution in [1.82, 2.24) is 10.2 Å². The van der Waals surface area contributed by atoms with Crippen LogP contribution in [-0.4, -0.2) is 57.5 Å². The maximum atomic E-state index is 14.4. The number of carbonyl (C=O) groups excluding carboxylic acids is 2. The summed E-state index contributed by atoms with van der Waals surface area (Å²) in [4.78, 5) is 29.7. The van der Waals surface area contributed by atoms with E-state index in [4.69, 9.17) is 9.47 Å². The summed E-state index contributed by atoms with van der Waals surface area (Å²) in [7, 11) is -2.63. The van der Waals surface area contributed by atoms with Crippen molar-refractivity contribution in [3.63, 3.8) is 0 Å². The third kappa shape index (κ3) is 8.57. The average molecular weight is 636 g/mol. The minimum Gasteiger partial charge on any atom is -0.497 e. The van der Waals surface area contributed by atoms with Crippen molar-refractivity contribution < 1.29 is 27.5 Å². The van der Waals surface area contributed by atoms with E-state index >= 15 is 0 Å². The van der Waals surface area contributed by atoms with Crippen molar-refractivity contribution in [2.24, 2.45) is 0 Å². The van der Waals surface area contributed by atoms with Gasteiger partial charge in [-0.2, -0.15) is 0 Å². The topological polar surface area (TPSA) is 105 Å². The fourth-order valence-electron chi connectivity index (χ4n) is 5.68. The van der Waals surface area contributed by atoms with Crippen LogP contribution in [-0.2, 0) is 26.2 Å². The van der Waals surface area contributed by atoms with Gasteiger partial charge in [-0.1, -0.05) is 68.1 Å². The first kappa shape index (κ1) is 33.8. The minimum absolute atomic E-state index is 0.0518. The predicted molar refractivity (Wildman–Crippen MR) is 176 cm³/mol. The van der Waals surface area contributed by atoms with Crippen molar-refractivity contribution >= 4 is 27.5 Å². The summed E-state index contributed by atoms with van der Waals surface area (Å²) < 4.78 is 40.7. The van der Waals surface area contributed by atoms with Gasteiger partial charge in [-0.15, -0.1) is 0 Å². The number of para-hydroxylation sites is 2. The van der Waals surface area contributed by atoms with Crippen LogP contribution >= 0.6 is 0 Å². The van der Waals surface area contributed by atoms with E-state index in [1.807, 2.05) is 32.9 Å². The molecule has 0 spiro atoms. The van der Waals surface area contributed by atoms with Gasteiger partial charge in [0.15, 0.2) is 0 Å². The molecule has 9 nitrogen and oxygen atoms in total. The fourth-order valence-corrected chi connectivity index (χ4v) is 7.11. The lowest BCUT2D eigenvalue weighted by Gasteiger charge is -2.34. The first-order valence-corrected chi connectivity index (χ1v) is 17.2. The molecule has 1 atom stereocenters. The smallest absolute Gasteiger partial charge is 0.264 e. The number of sulfonamides is 1. The Morgan fingerprint density at radius 3 is 2.22 bits per heavy atom. The zero-order valence-electron chi connectivity index (χ0n) is 26.7. The first-order valence-electron chi connectivity index (χ1n) is 15.7. The number of amides is 2. The molecule has 1 aliphatic carbocycles. The number of hydrogen-bond acceptors (Lipinski definition) is 6. The van der Waals surface area contributed by atoms with Crippen LogP contribution < -0.4 is 19.1 Å². The molecule has 3 aromatic carbocycles. The Kier molecular flexibility index (Phi) is 11.9. The van der Waals surface area contributed by atoms with Crippen LogP contribution in [0, 0.1) is 6.92 Å². The van der Waals surface area contributed by atoms with E-state index in [1.54, 1.807) is 55.6 Å². The molecule has 1 N–H and O–H groups in total. The highest BCUT2D eigenvalue weighted by Gasteiger charge is 2.35. The molecule has 242 valence electrons. The molecular weight excluding hydrogens is 590 g/mol. The molecule has 0 bridgehead atoms. The lowest BCUT2D eigenvalue weighted by Crippen LogP contribution is -2.54. The molecule has 2 amide bonds. The van der Waals surface area contributed by atoms with Crippen LogP contribution in [0.5, 0.6) is 11.5 Å². The number of anilines is 1. The van der Waals surface area contributed by atoms with E-state index < -0.39 is 28.5 Å². The fraction of sp³-hybridized carbons (Fsp3) is 0.429. The Labute approximate surface area is 267 Å². The molecule has 0 saturated heterocycles. The van der Waals surface area contributed by atoms with E-state index in [0.717, 1.165) is 47.5 Å². The number of nitrogens with zero attached hydrogens (tertiary/aromatic N) is 2. The van der Waals surface area contributed by atoms with E-state index in [-0.39, 0.29) is 29.1 Å². The highest BCUT2D eigenvalue weighted by atomic mass is 32.2. The van der Waals surface area contributed by atoms with Crippen LogP contribution in [0.15, 0.2) is 77.7 Å². The van der Waals surface area contributed by atoms with Gasteiger partial charge in [0.05, 0.1) is 24.3 Å². The van der Waals surface area contributed by atoms with Crippen molar-refractivity contribution in [2.75, 3.05) is 24.6 Å². The highest BCUT2D eigenvalue weighted by Crippen LogP contribution is 2.33. The third-order valence-electron chi connectivity index (χ3n) is 8.17. The Hall–Kier alpha value is -4.05. The summed E-state index contributed by atoms with van der Waals surface area (Å²) in [5.74, 6) is 0.279. The van der Waals surface area contributed by atoms with Gasteiger partial charge in [-0.3, -0.25) is 13.9 Å². The molecule has 10 heteroatoms. The van der Waals surface area contributed by atoms with Gasteiger partial charge in [0.2, 0.25) is 11.8 Å². The Bertz CT molecular complexity index is 1520. The summed E-state index contributed by atoms with van der Waals surface area (Å²) >= 11 is 0. The van der Waals surface area contributed by atoms with Gasteiger partial charge in [-0.05, 0) is 75.1 Å². The van der Waals surface area contributed by atoms with Gasteiger partial charge in [0.25, 0.3) is 10.0 Å². The van der Waals surface area contributed by atoms with Gasteiger partial charge < -0.3 is 19.7 Å². The second kappa shape index (κ2) is 15.8. The number of nitrogens with one attached hydrogen (secondary N) is 1. The normalized spacial score (nSPS) is 14.3.